The molecule has 0 aliphatic heterocycles. The number of hydrogen-bond acceptors (Lipinski definition) is 5. The number of Topliss-reactive ketones (excluding diaryl/α,β-unsaturated/α-hetero) is 1. The molecule has 0 saturated heterocycles. The fourth-order valence-electron chi connectivity index (χ4n) is 3.45. The van der Waals surface area contributed by atoms with Crippen LogP contribution in [0.15, 0.2) is 59.9 Å². The van der Waals surface area contributed by atoms with Crippen LogP contribution in [0.2, 0.25) is 0 Å². The number of carbonyl (C=O) groups excluding carboxylic acids is 2. The largest absolute Gasteiger partial charge is 0.347 e. The van der Waals surface area contributed by atoms with Gasteiger partial charge in [0, 0.05) is 41.9 Å². The molecule has 4 aromatic rings. The number of carbonyl (C=O) groups is 2. The summed E-state index contributed by atoms with van der Waals surface area (Å²) in [6, 6.07) is 13.4. The van der Waals surface area contributed by atoms with Gasteiger partial charge < -0.3 is 14.5 Å². The molecule has 2 heterocycles. The second kappa shape index (κ2) is 9.35. The lowest BCUT2D eigenvalue weighted by Crippen LogP contribution is -2.17. The number of fused-ring (bicyclic) bond motifs is 1. The summed E-state index contributed by atoms with van der Waals surface area (Å²) in [7, 11) is 1.76. The molecule has 0 radical (unpaired) electrons. The van der Waals surface area contributed by atoms with Gasteiger partial charge in [-0.15, -0.1) is 10.2 Å². The average molecular weight is 452 g/mol. The number of aromatic nitrogens is 4. The number of hydrogen-bond donors (Lipinski definition) is 1. The summed E-state index contributed by atoms with van der Waals surface area (Å²) in [6.45, 7) is 2.83. The summed E-state index contributed by atoms with van der Waals surface area (Å²) in [5, 5.41) is 12.4. The van der Waals surface area contributed by atoms with Crippen molar-refractivity contribution in [2.24, 2.45) is 7.05 Å². The number of ketones is 1. The van der Waals surface area contributed by atoms with E-state index in [0.29, 0.717) is 22.2 Å². The van der Waals surface area contributed by atoms with Gasteiger partial charge in [0.2, 0.25) is 5.91 Å². The first-order valence-corrected chi connectivity index (χ1v) is 11.1. The number of rotatable bonds is 8. The third kappa shape index (κ3) is 4.57. The number of thioether (sulfide) groups is 1. The van der Waals surface area contributed by atoms with Gasteiger partial charge in [-0.3, -0.25) is 9.59 Å². The topological polar surface area (TPSA) is 81.8 Å². The second-order valence-corrected chi connectivity index (χ2v) is 8.19. The lowest BCUT2D eigenvalue weighted by Gasteiger charge is -2.06. The van der Waals surface area contributed by atoms with E-state index >= 15 is 0 Å². The van der Waals surface area contributed by atoms with E-state index in [-0.39, 0.29) is 29.7 Å². The van der Waals surface area contributed by atoms with Crippen molar-refractivity contribution in [3.63, 3.8) is 0 Å². The van der Waals surface area contributed by atoms with E-state index < -0.39 is 0 Å². The maximum Gasteiger partial charge on any atom is 0.232 e. The van der Waals surface area contributed by atoms with Crippen molar-refractivity contribution >= 4 is 40.0 Å². The number of anilines is 1. The van der Waals surface area contributed by atoms with Crippen LogP contribution in [0.4, 0.5) is 10.1 Å². The molecule has 9 heteroatoms. The van der Waals surface area contributed by atoms with Gasteiger partial charge in [-0.25, -0.2) is 4.39 Å². The molecule has 0 saturated carbocycles. The summed E-state index contributed by atoms with van der Waals surface area (Å²) in [5.74, 6) is 0.0453. The first-order chi connectivity index (χ1) is 15.5. The Hall–Kier alpha value is -3.46. The van der Waals surface area contributed by atoms with Crippen molar-refractivity contribution in [2.45, 2.75) is 25.0 Å². The molecular weight excluding hydrogens is 429 g/mol. The van der Waals surface area contributed by atoms with Crippen molar-refractivity contribution in [1.82, 2.24) is 19.3 Å². The highest BCUT2D eigenvalue weighted by Crippen LogP contribution is 2.24. The zero-order valence-electron chi connectivity index (χ0n) is 17.7. The van der Waals surface area contributed by atoms with E-state index in [1.165, 1.54) is 36.0 Å². The maximum absolute atomic E-state index is 13.0. The van der Waals surface area contributed by atoms with E-state index in [2.05, 4.69) is 20.1 Å². The Kier molecular flexibility index (Phi) is 6.36. The van der Waals surface area contributed by atoms with E-state index in [9.17, 15) is 14.0 Å². The summed E-state index contributed by atoms with van der Waals surface area (Å²) in [6.07, 6.45) is 1.91. The molecule has 1 amide bonds. The Morgan fingerprint density at radius 2 is 1.84 bits per heavy atom. The zero-order chi connectivity index (χ0) is 22.7. The normalized spacial score (nSPS) is 11.1. The fraction of sp³-hybridized carbons (Fsp3) is 0.217. The molecule has 2 aromatic heterocycles. The lowest BCUT2D eigenvalue weighted by atomic mass is 10.1. The molecule has 0 spiro atoms. The highest BCUT2D eigenvalue weighted by molar-refractivity contribution is 7.99. The van der Waals surface area contributed by atoms with Crippen molar-refractivity contribution in [2.75, 3.05) is 11.1 Å². The Bertz CT molecular complexity index is 1280. The number of benzene rings is 2. The van der Waals surface area contributed by atoms with Gasteiger partial charge in [0.05, 0.1) is 12.2 Å². The molecule has 0 aliphatic rings. The third-order valence-corrected chi connectivity index (χ3v) is 6.15. The van der Waals surface area contributed by atoms with Gasteiger partial charge in [0.25, 0.3) is 0 Å². The van der Waals surface area contributed by atoms with Gasteiger partial charge in [0.1, 0.15) is 11.6 Å². The first-order valence-electron chi connectivity index (χ1n) is 10.1. The third-order valence-electron chi connectivity index (χ3n) is 5.13. The lowest BCUT2D eigenvalue weighted by molar-refractivity contribution is -0.115. The minimum atomic E-state index is -0.369. The second-order valence-electron chi connectivity index (χ2n) is 7.25. The number of nitrogens with one attached hydrogen (secondary N) is 1. The summed E-state index contributed by atoms with van der Waals surface area (Å²) >= 11 is 1.29. The van der Waals surface area contributed by atoms with Crippen LogP contribution in [0.3, 0.4) is 0 Å². The molecule has 0 aliphatic carbocycles. The van der Waals surface area contributed by atoms with Gasteiger partial charge in [0.15, 0.2) is 10.9 Å². The summed E-state index contributed by atoms with van der Waals surface area (Å²) in [5.41, 5.74) is 2.23. The molecule has 4 rings (SSSR count). The van der Waals surface area contributed by atoms with Crippen molar-refractivity contribution < 1.29 is 14.0 Å². The van der Waals surface area contributed by atoms with E-state index in [1.54, 1.807) is 11.6 Å². The molecule has 1 N–H and O–H groups in total. The van der Waals surface area contributed by atoms with Crippen LogP contribution in [-0.2, 0) is 24.8 Å². The molecule has 7 nitrogen and oxygen atoms in total. The number of para-hydroxylation sites is 1. The molecule has 0 atom stereocenters. The van der Waals surface area contributed by atoms with Crippen LogP contribution in [0, 0.1) is 5.82 Å². The molecular formula is C23H22FN5O2S. The fourth-order valence-corrected chi connectivity index (χ4v) is 4.26. The minimum Gasteiger partial charge on any atom is -0.347 e. The first kappa shape index (κ1) is 21.8. The number of nitrogens with zero attached hydrogens (tertiary/aromatic N) is 4. The van der Waals surface area contributed by atoms with Crippen LogP contribution in [-0.4, -0.2) is 36.8 Å². The summed E-state index contributed by atoms with van der Waals surface area (Å²) < 4.78 is 16.8. The molecule has 0 bridgehead atoms. The Balaban J connectivity index is 1.40. The van der Waals surface area contributed by atoms with Gasteiger partial charge in [-0.2, -0.15) is 0 Å². The number of halogens is 1. The SMILES string of the molecule is CCn1cc(C(=O)CSc2nnc(CC(=O)Nc3ccc(F)cc3)n2C)c2ccccc21. The Morgan fingerprint density at radius 3 is 2.59 bits per heavy atom. The van der Waals surface area contributed by atoms with Crippen molar-refractivity contribution in [3.8, 4) is 0 Å². The van der Waals surface area contributed by atoms with Gasteiger partial charge in [-0.1, -0.05) is 30.0 Å². The van der Waals surface area contributed by atoms with E-state index in [4.69, 9.17) is 0 Å². The number of amides is 1. The molecule has 0 unspecified atom stereocenters. The smallest absolute Gasteiger partial charge is 0.232 e. The molecule has 0 fully saturated rings. The predicted octanol–water partition coefficient (Wildman–Crippen LogP) is 4.09. The standard InChI is InChI=1S/C23H22FN5O2S/c1-3-29-13-18(17-6-4-5-7-19(17)29)20(30)14-32-23-27-26-21(28(23)2)12-22(31)25-16-10-8-15(24)9-11-16/h4-11,13H,3,12,14H2,1-2H3,(H,25,31). The van der Waals surface area contributed by atoms with Crippen LogP contribution in [0.1, 0.15) is 23.1 Å². The summed E-state index contributed by atoms with van der Waals surface area (Å²) in [4.78, 5) is 25.2. The molecule has 2 aromatic carbocycles. The minimum absolute atomic E-state index is 0.0111. The van der Waals surface area contributed by atoms with Crippen molar-refractivity contribution in [3.05, 3.63) is 71.9 Å². The highest BCUT2D eigenvalue weighted by atomic mass is 32.2. The number of aryl methyl sites for hydroxylation is 1. The molecule has 164 valence electrons. The monoisotopic (exact) mass is 451 g/mol. The highest BCUT2D eigenvalue weighted by Gasteiger charge is 2.18. The van der Waals surface area contributed by atoms with Gasteiger partial charge in [-0.05, 0) is 37.3 Å². The van der Waals surface area contributed by atoms with Crippen LogP contribution < -0.4 is 5.32 Å². The Morgan fingerprint density at radius 1 is 1.09 bits per heavy atom. The van der Waals surface area contributed by atoms with Crippen LogP contribution in [0.5, 0.6) is 0 Å². The van der Waals surface area contributed by atoms with Gasteiger partial charge >= 0.3 is 0 Å². The predicted molar refractivity (Wildman–Crippen MR) is 122 cm³/mol. The zero-order valence-corrected chi connectivity index (χ0v) is 18.5. The van der Waals surface area contributed by atoms with Crippen LogP contribution in [0.25, 0.3) is 10.9 Å². The van der Waals surface area contributed by atoms with Crippen LogP contribution >= 0.6 is 11.8 Å². The van der Waals surface area contributed by atoms with E-state index in [1.807, 2.05) is 37.4 Å². The average Bonchev–Trinajstić information content (AvgIpc) is 3.34. The van der Waals surface area contributed by atoms with E-state index in [0.717, 1.165) is 17.4 Å². The maximum atomic E-state index is 13.0. The molecule has 32 heavy (non-hydrogen) atoms. The quantitative estimate of drug-likeness (QED) is 0.322. The Labute approximate surface area is 188 Å². The van der Waals surface area contributed by atoms with Crippen molar-refractivity contribution in [1.29, 1.82) is 0 Å².